The van der Waals surface area contributed by atoms with Crippen molar-refractivity contribution in [2.24, 2.45) is 0 Å². The van der Waals surface area contributed by atoms with Gasteiger partial charge in [0.25, 0.3) is 0 Å². The van der Waals surface area contributed by atoms with E-state index in [1.807, 2.05) is 0 Å². The Hall–Kier alpha value is -0.0800. The molecule has 0 amide bonds. The maximum atomic E-state index is 9.56. The summed E-state index contributed by atoms with van der Waals surface area (Å²) in [4.78, 5) is 2.37. The van der Waals surface area contributed by atoms with Crippen LogP contribution in [0.2, 0.25) is 0 Å². The molecule has 1 saturated heterocycles. The first kappa shape index (κ1) is 9.01. The Kier molecular flexibility index (Phi) is 2.90. The zero-order valence-corrected chi connectivity index (χ0v) is 7.75. The molecule has 1 fully saturated rings. The molecule has 0 aliphatic carbocycles. The van der Waals surface area contributed by atoms with Crippen molar-refractivity contribution in [2.75, 3.05) is 6.54 Å². The first-order chi connectivity index (χ1) is 5.13. The monoisotopic (exact) mass is 157 g/mol. The van der Waals surface area contributed by atoms with E-state index in [2.05, 4.69) is 25.7 Å². The molecule has 66 valence electrons. The van der Waals surface area contributed by atoms with Crippen molar-refractivity contribution in [3.63, 3.8) is 0 Å². The lowest BCUT2D eigenvalue weighted by atomic mass is 9.99. The van der Waals surface area contributed by atoms with Crippen LogP contribution < -0.4 is 0 Å². The predicted molar refractivity (Wildman–Crippen MR) is 46.5 cm³/mol. The smallest absolute Gasteiger partial charge is 0.0693 e. The van der Waals surface area contributed by atoms with Crippen molar-refractivity contribution in [2.45, 2.75) is 51.8 Å². The number of hydrogen-bond donors (Lipinski definition) is 1. The Morgan fingerprint density at radius 1 is 1.45 bits per heavy atom. The zero-order chi connectivity index (χ0) is 8.43. The van der Waals surface area contributed by atoms with E-state index in [1.165, 1.54) is 0 Å². The van der Waals surface area contributed by atoms with Crippen LogP contribution in [-0.4, -0.2) is 34.7 Å². The van der Waals surface area contributed by atoms with Gasteiger partial charge in [0.2, 0.25) is 0 Å². The van der Waals surface area contributed by atoms with Gasteiger partial charge in [0.05, 0.1) is 6.10 Å². The summed E-state index contributed by atoms with van der Waals surface area (Å²) in [5.41, 5.74) is 0. The highest BCUT2D eigenvalue weighted by Crippen LogP contribution is 2.19. The number of aliphatic hydroxyl groups excluding tert-OH is 1. The van der Waals surface area contributed by atoms with E-state index in [-0.39, 0.29) is 6.10 Å². The number of likely N-dealkylation sites (tertiary alicyclic amines) is 1. The minimum Gasteiger partial charge on any atom is -0.392 e. The molecule has 0 aromatic rings. The average Bonchev–Trinajstić information content (AvgIpc) is 1.94. The molecule has 1 rings (SSSR count). The van der Waals surface area contributed by atoms with Crippen LogP contribution in [0.15, 0.2) is 0 Å². The van der Waals surface area contributed by atoms with E-state index in [0.29, 0.717) is 12.1 Å². The van der Waals surface area contributed by atoms with E-state index < -0.39 is 0 Å². The maximum absolute atomic E-state index is 9.56. The Morgan fingerprint density at radius 3 is 2.55 bits per heavy atom. The number of piperidine rings is 1. The molecule has 0 unspecified atom stereocenters. The summed E-state index contributed by atoms with van der Waals surface area (Å²) in [6.45, 7) is 7.64. The highest BCUT2D eigenvalue weighted by Gasteiger charge is 2.27. The lowest BCUT2D eigenvalue weighted by molar-refractivity contribution is 0.00405. The number of aliphatic hydroxyl groups is 1. The quantitative estimate of drug-likeness (QED) is 0.619. The molecule has 0 radical (unpaired) electrons. The van der Waals surface area contributed by atoms with Crippen LogP contribution in [0.4, 0.5) is 0 Å². The lowest BCUT2D eigenvalue weighted by Crippen LogP contribution is -2.49. The van der Waals surface area contributed by atoms with Gasteiger partial charge in [-0.05, 0) is 40.2 Å². The number of hydrogen-bond acceptors (Lipinski definition) is 2. The van der Waals surface area contributed by atoms with Gasteiger partial charge in [0.15, 0.2) is 0 Å². The minimum atomic E-state index is -0.105. The van der Waals surface area contributed by atoms with Crippen LogP contribution in [-0.2, 0) is 0 Å². The Labute approximate surface area is 69.2 Å². The molecule has 2 atom stereocenters. The van der Waals surface area contributed by atoms with E-state index in [4.69, 9.17) is 0 Å². The van der Waals surface area contributed by atoms with Gasteiger partial charge in [0, 0.05) is 12.1 Å². The summed E-state index contributed by atoms with van der Waals surface area (Å²) in [5.74, 6) is 0. The topological polar surface area (TPSA) is 23.5 Å². The molecule has 0 spiro atoms. The Bertz CT molecular complexity index is 125. The first-order valence-electron chi connectivity index (χ1n) is 4.56. The zero-order valence-electron chi connectivity index (χ0n) is 7.75. The van der Waals surface area contributed by atoms with E-state index >= 15 is 0 Å². The van der Waals surface area contributed by atoms with Crippen LogP contribution >= 0.6 is 0 Å². The predicted octanol–water partition coefficient (Wildman–Crippen LogP) is 1.24. The van der Waals surface area contributed by atoms with Crippen molar-refractivity contribution in [3.8, 4) is 0 Å². The van der Waals surface area contributed by atoms with Crippen LogP contribution in [0.3, 0.4) is 0 Å². The lowest BCUT2D eigenvalue weighted by Gasteiger charge is -2.39. The highest BCUT2D eigenvalue weighted by molar-refractivity contribution is 4.82. The highest BCUT2D eigenvalue weighted by atomic mass is 16.3. The Morgan fingerprint density at radius 2 is 2.09 bits per heavy atom. The average molecular weight is 157 g/mol. The van der Waals surface area contributed by atoms with Crippen molar-refractivity contribution in [3.05, 3.63) is 0 Å². The van der Waals surface area contributed by atoms with Crippen molar-refractivity contribution in [1.82, 2.24) is 4.90 Å². The van der Waals surface area contributed by atoms with Crippen LogP contribution in [0.5, 0.6) is 0 Å². The van der Waals surface area contributed by atoms with Crippen molar-refractivity contribution < 1.29 is 5.11 Å². The van der Waals surface area contributed by atoms with Gasteiger partial charge in [-0.25, -0.2) is 0 Å². The van der Waals surface area contributed by atoms with Gasteiger partial charge in [0.1, 0.15) is 0 Å². The standard InChI is InChI=1S/C9H19NO/c1-7(2)10-6-4-5-9(11)8(10)3/h7-9,11H,4-6H2,1-3H3/t8-,9+/m0/s1. The molecule has 2 nitrogen and oxygen atoms in total. The first-order valence-corrected chi connectivity index (χ1v) is 4.56. The molecule has 0 aromatic carbocycles. The molecule has 11 heavy (non-hydrogen) atoms. The van der Waals surface area contributed by atoms with Gasteiger partial charge in [-0.1, -0.05) is 0 Å². The SMILES string of the molecule is CC(C)N1CCC[C@@H](O)[C@@H]1C. The van der Waals surface area contributed by atoms with Gasteiger partial charge < -0.3 is 5.11 Å². The maximum Gasteiger partial charge on any atom is 0.0693 e. The summed E-state index contributed by atoms with van der Waals surface area (Å²) in [6.07, 6.45) is 2.01. The van der Waals surface area contributed by atoms with Crippen molar-refractivity contribution >= 4 is 0 Å². The van der Waals surface area contributed by atoms with E-state index in [9.17, 15) is 5.11 Å². The molecule has 1 aliphatic rings. The molecule has 2 heteroatoms. The second-order valence-corrected chi connectivity index (χ2v) is 3.78. The molecule has 1 heterocycles. The second-order valence-electron chi connectivity index (χ2n) is 3.78. The largest absolute Gasteiger partial charge is 0.392 e. The molecule has 0 saturated carbocycles. The van der Waals surface area contributed by atoms with E-state index in [0.717, 1.165) is 19.4 Å². The van der Waals surface area contributed by atoms with Crippen LogP contribution in [0.1, 0.15) is 33.6 Å². The van der Waals surface area contributed by atoms with Gasteiger partial charge in [-0.15, -0.1) is 0 Å². The number of rotatable bonds is 1. The third kappa shape index (κ3) is 1.94. The van der Waals surface area contributed by atoms with Gasteiger partial charge in [-0.3, -0.25) is 4.90 Å². The fourth-order valence-corrected chi connectivity index (χ4v) is 1.88. The molecular formula is C9H19NO. The molecule has 0 aromatic heterocycles. The summed E-state index contributed by atoms with van der Waals surface area (Å²) in [6, 6.07) is 0.920. The van der Waals surface area contributed by atoms with E-state index in [1.54, 1.807) is 0 Å². The Balaban J connectivity index is 2.51. The van der Waals surface area contributed by atoms with Gasteiger partial charge in [-0.2, -0.15) is 0 Å². The van der Waals surface area contributed by atoms with Crippen LogP contribution in [0.25, 0.3) is 0 Å². The number of nitrogens with zero attached hydrogens (tertiary/aromatic N) is 1. The second kappa shape index (κ2) is 3.55. The summed E-state index contributed by atoms with van der Waals surface area (Å²) in [7, 11) is 0. The third-order valence-electron chi connectivity index (χ3n) is 2.66. The molecule has 0 bridgehead atoms. The summed E-state index contributed by atoms with van der Waals surface area (Å²) in [5, 5.41) is 9.56. The molecule has 1 N–H and O–H groups in total. The fraction of sp³-hybridized carbons (Fsp3) is 1.00. The summed E-state index contributed by atoms with van der Waals surface area (Å²) >= 11 is 0. The normalized spacial score (nSPS) is 34.6. The summed E-state index contributed by atoms with van der Waals surface area (Å²) < 4.78 is 0. The third-order valence-corrected chi connectivity index (χ3v) is 2.66. The fourth-order valence-electron chi connectivity index (χ4n) is 1.88. The minimum absolute atomic E-state index is 0.105. The van der Waals surface area contributed by atoms with Crippen LogP contribution in [0, 0.1) is 0 Å². The van der Waals surface area contributed by atoms with Gasteiger partial charge >= 0.3 is 0 Å². The van der Waals surface area contributed by atoms with Crippen molar-refractivity contribution in [1.29, 1.82) is 0 Å². The molecule has 1 aliphatic heterocycles. The molecular weight excluding hydrogens is 138 g/mol.